The zero-order valence-corrected chi connectivity index (χ0v) is 10.4. The van der Waals surface area contributed by atoms with Gasteiger partial charge in [0.15, 0.2) is 6.54 Å². The monoisotopic (exact) mass is 263 g/mol. The summed E-state index contributed by atoms with van der Waals surface area (Å²) in [5, 5.41) is 28.5. The van der Waals surface area contributed by atoms with Gasteiger partial charge in [-0.15, -0.1) is 0 Å². The van der Waals surface area contributed by atoms with E-state index in [9.17, 15) is 14.4 Å². The predicted molar refractivity (Wildman–Crippen MR) is 61.2 cm³/mol. The summed E-state index contributed by atoms with van der Waals surface area (Å²) in [4.78, 5) is 31.7. The maximum Gasteiger partial charge on any atom is 0.359 e. The summed E-state index contributed by atoms with van der Waals surface area (Å²) in [6, 6.07) is -1.16. The fraction of sp³-hybridized carbons (Fsp3) is 0.700. The molecule has 0 aromatic rings. The summed E-state index contributed by atoms with van der Waals surface area (Å²) in [6.07, 6.45) is -0.512. The highest BCUT2D eigenvalue weighted by Gasteiger charge is 2.23. The Hall–Kier alpha value is -1.67. The molecule has 0 aromatic carbocycles. The van der Waals surface area contributed by atoms with Crippen LogP contribution in [-0.2, 0) is 14.4 Å². The second kappa shape index (κ2) is 6.92. The van der Waals surface area contributed by atoms with Crippen molar-refractivity contribution in [3.05, 3.63) is 0 Å². The van der Waals surface area contributed by atoms with Gasteiger partial charge < -0.3 is 19.8 Å². The van der Waals surface area contributed by atoms with Crippen LogP contribution in [0.25, 0.3) is 0 Å². The van der Waals surface area contributed by atoms with Gasteiger partial charge in [0.1, 0.15) is 6.04 Å². The lowest BCUT2D eigenvalue weighted by Gasteiger charge is -2.28. The summed E-state index contributed by atoms with van der Waals surface area (Å²) in [6.45, 7) is 0.526. The second-order valence-corrected chi connectivity index (χ2v) is 4.65. The number of quaternary nitrogens is 1. The number of carboxylic acids is 3. The van der Waals surface area contributed by atoms with Crippen LogP contribution in [0.15, 0.2) is 0 Å². The molecule has 0 aliphatic rings. The first kappa shape index (κ1) is 16.3. The SMILES string of the molecule is C[N+](C)(CCNC(CC(=O)O)C(=O)O)CC(=O)O. The predicted octanol–water partition coefficient (Wildman–Crippen LogP) is -1.34. The number of hydrogen-bond acceptors (Lipinski definition) is 4. The summed E-state index contributed by atoms with van der Waals surface area (Å²) >= 11 is 0. The van der Waals surface area contributed by atoms with E-state index in [-0.39, 0.29) is 17.6 Å². The number of nitrogens with zero attached hydrogens (tertiary/aromatic N) is 1. The Morgan fingerprint density at radius 3 is 2.06 bits per heavy atom. The van der Waals surface area contributed by atoms with E-state index in [0.717, 1.165) is 0 Å². The van der Waals surface area contributed by atoms with Crippen molar-refractivity contribution in [2.75, 3.05) is 33.7 Å². The van der Waals surface area contributed by atoms with Gasteiger partial charge in [-0.05, 0) is 0 Å². The first-order valence-electron chi connectivity index (χ1n) is 5.36. The van der Waals surface area contributed by atoms with Crippen LogP contribution in [0.1, 0.15) is 6.42 Å². The standard InChI is InChI=1S/C10H18N2O6/c1-12(2,6-9(15)16)4-3-11-7(10(17)18)5-8(13)14/h7,11H,3-6H2,1-2H3,(H2-,13,14,15,16,17,18)/p+1. The molecule has 0 heterocycles. The average molecular weight is 263 g/mol. The van der Waals surface area contributed by atoms with E-state index in [4.69, 9.17) is 15.3 Å². The molecule has 0 aromatic heterocycles. The summed E-state index contributed by atoms with van der Waals surface area (Å²) in [5.74, 6) is -3.38. The molecule has 0 aliphatic heterocycles. The molecule has 18 heavy (non-hydrogen) atoms. The van der Waals surface area contributed by atoms with Crippen LogP contribution in [0.5, 0.6) is 0 Å². The maximum atomic E-state index is 10.7. The number of carboxylic acid groups (broad SMARTS) is 3. The van der Waals surface area contributed by atoms with E-state index in [1.54, 1.807) is 14.1 Å². The molecule has 0 saturated heterocycles. The third-order valence-corrected chi connectivity index (χ3v) is 2.35. The van der Waals surface area contributed by atoms with E-state index in [2.05, 4.69) is 5.32 Å². The largest absolute Gasteiger partial charge is 0.481 e. The average Bonchev–Trinajstić information content (AvgIpc) is 2.12. The number of rotatable bonds is 9. The fourth-order valence-electron chi connectivity index (χ4n) is 1.41. The Balaban J connectivity index is 4.17. The van der Waals surface area contributed by atoms with E-state index in [1.807, 2.05) is 0 Å². The quantitative estimate of drug-likeness (QED) is 0.380. The van der Waals surface area contributed by atoms with Crippen LogP contribution in [0, 0.1) is 0 Å². The highest BCUT2D eigenvalue weighted by molar-refractivity contribution is 5.80. The van der Waals surface area contributed by atoms with E-state index in [0.29, 0.717) is 6.54 Å². The molecular formula is C10H19N2O6+. The molecule has 8 heteroatoms. The second-order valence-electron chi connectivity index (χ2n) is 4.65. The summed E-state index contributed by atoms with van der Waals surface area (Å²) in [7, 11) is 3.39. The van der Waals surface area contributed by atoms with Crippen molar-refractivity contribution in [3.63, 3.8) is 0 Å². The van der Waals surface area contributed by atoms with Gasteiger partial charge in [0.05, 0.1) is 27.1 Å². The zero-order valence-electron chi connectivity index (χ0n) is 10.4. The third-order valence-electron chi connectivity index (χ3n) is 2.35. The first-order chi connectivity index (χ1) is 8.14. The lowest BCUT2D eigenvalue weighted by atomic mass is 10.2. The lowest BCUT2D eigenvalue weighted by Crippen LogP contribution is -2.50. The minimum Gasteiger partial charge on any atom is -0.481 e. The van der Waals surface area contributed by atoms with Gasteiger partial charge in [0.25, 0.3) is 0 Å². The molecule has 0 rings (SSSR count). The van der Waals surface area contributed by atoms with Crippen LogP contribution >= 0.6 is 0 Å². The molecule has 0 saturated carbocycles. The van der Waals surface area contributed by atoms with Gasteiger partial charge in [0.2, 0.25) is 0 Å². The number of hydrogen-bond donors (Lipinski definition) is 4. The molecule has 0 bridgehead atoms. The van der Waals surface area contributed by atoms with Crippen molar-refractivity contribution >= 4 is 17.9 Å². The molecule has 0 fully saturated rings. The van der Waals surface area contributed by atoms with Crippen molar-refractivity contribution in [1.29, 1.82) is 0 Å². The van der Waals surface area contributed by atoms with Crippen LogP contribution in [0.4, 0.5) is 0 Å². The Bertz CT molecular complexity index is 328. The number of likely N-dealkylation sites (N-methyl/N-ethyl adjacent to an activating group) is 1. The normalized spacial score (nSPS) is 13.0. The van der Waals surface area contributed by atoms with E-state index >= 15 is 0 Å². The van der Waals surface area contributed by atoms with Crippen LogP contribution in [0.3, 0.4) is 0 Å². The molecule has 104 valence electrons. The molecule has 4 N–H and O–H groups in total. The molecule has 0 spiro atoms. The maximum absolute atomic E-state index is 10.7. The molecule has 1 unspecified atom stereocenters. The van der Waals surface area contributed by atoms with Crippen LogP contribution < -0.4 is 5.32 Å². The Morgan fingerprint density at radius 2 is 1.67 bits per heavy atom. The number of nitrogens with one attached hydrogen (secondary N) is 1. The molecule has 0 amide bonds. The van der Waals surface area contributed by atoms with E-state index < -0.39 is 30.4 Å². The highest BCUT2D eigenvalue weighted by atomic mass is 16.4. The third kappa shape index (κ3) is 7.58. The summed E-state index contributed by atoms with van der Waals surface area (Å²) in [5.41, 5.74) is 0. The van der Waals surface area contributed by atoms with Gasteiger partial charge in [-0.3, -0.25) is 14.9 Å². The summed E-state index contributed by atoms with van der Waals surface area (Å²) < 4.78 is 0.182. The van der Waals surface area contributed by atoms with Gasteiger partial charge in [-0.1, -0.05) is 0 Å². The van der Waals surface area contributed by atoms with Crippen LogP contribution in [0.2, 0.25) is 0 Å². The minimum atomic E-state index is -1.24. The molecule has 0 aliphatic carbocycles. The molecule has 0 radical (unpaired) electrons. The Labute approximate surface area is 104 Å². The van der Waals surface area contributed by atoms with Crippen molar-refractivity contribution < 1.29 is 34.2 Å². The van der Waals surface area contributed by atoms with Crippen molar-refractivity contribution in [2.45, 2.75) is 12.5 Å². The molecular weight excluding hydrogens is 244 g/mol. The molecule has 1 atom stereocenters. The highest BCUT2D eigenvalue weighted by Crippen LogP contribution is 1.97. The zero-order chi connectivity index (χ0) is 14.3. The number of aliphatic carboxylic acids is 3. The van der Waals surface area contributed by atoms with Gasteiger partial charge in [-0.2, -0.15) is 0 Å². The Kier molecular flexibility index (Phi) is 6.28. The van der Waals surface area contributed by atoms with Crippen LogP contribution in [-0.4, -0.2) is 77.5 Å². The van der Waals surface area contributed by atoms with Gasteiger partial charge >= 0.3 is 17.9 Å². The fourth-order valence-corrected chi connectivity index (χ4v) is 1.41. The lowest BCUT2D eigenvalue weighted by molar-refractivity contribution is -0.881. The van der Waals surface area contributed by atoms with Gasteiger partial charge in [0, 0.05) is 6.54 Å². The van der Waals surface area contributed by atoms with Crippen molar-refractivity contribution in [3.8, 4) is 0 Å². The smallest absolute Gasteiger partial charge is 0.359 e. The van der Waals surface area contributed by atoms with E-state index in [1.165, 1.54) is 0 Å². The van der Waals surface area contributed by atoms with Crippen molar-refractivity contribution in [2.24, 2.45) is 0 Å². The first-order valence-corrected chi connectivity index (χ1v) is 5.36. The van der Waals surface area contributed by atoms with Crippen molar-refractivity contribution in [1.82, 2.24) is 5.32 Å². The molecule has 8 nitrogen and oxygen atoms in total. The van der Waals surface area contributed by atoms with Gasteiger partial charge in [-0.25, -0.2) is 4.79 Å². The topological polar surface area (TPSA) is 124 Å². The number of carbonyl (C=O) groups is 3. The minimum absolute atomic E-state index is 0.0850. The Morgan fingerprint density at radius 1 is 1.11 bits per heavy atom.